The maximum absolute atomic E-state index is 12.7. The molecule has 2 aromatic carbocycles. The van der Waals surface area contributed by atoms with Gasteiger partial charge in [0.2, 0.25) is 5.91 Å². The number of rotatable bonds is 5. The molecule has 27 heavy (non-hydrogen) atoms. The molecule has 6 nitrogen and oxygen atoms in total. The summed E-state index contributed by atoms with van der Waals surface area (Å²) in [6.07, 6.45) is 0.134. The van der Waals surface area contributed by atoms with Crippen LogP contribution in [-0.2, 0) is 11.2 Å². The fourth-order valence-corrected chi connectivity index (χ4v) is 2.82. The van der Waals surface area contributed by atoms with Crippen LogP contribution in [0.25, 0.3) is 0 Å². The standard InChI is InChI=1S/C21H21N3O3/c1-13-7-6-8-16(11-13)22-21(26)17-9-4-5-10-19(17)23-20(25)12-18-14(2)24-27-15(18)3/h4-11H,12H2,1-3H3,(H,22,26)(H,23,25). The molecule has 0 aliphatic heterocycles. The summed E-state index contributed by atoms with van der Waals surface area (Å²) in [6, 6.07) is 14.5. The van der Waals surface area contributed by atoms with Gasteiger partial charge in [-0.2, -0.15) is 0 Å². The highest BCUT2D eigenvalue weighted by molar-refractivity contribution is 6.10. The summed E-state index contributed by atoms with van der Waals surface area (Å²) in [6.45, 7) is 5.52. The van der Waals surface area contributed by atoms with E-state index in [9.17, 15) is 9.59 Å². The molecule has 3 aromatic rings. The minimum absolute atomic E-state index is 0.134. The van der Waals surface area contributed by atoms with Crippen LogP contribution in [0.3, 0.4) is 0 Å². The smallest absolute Gasteiger partial charge is 0.257 e. The van der Waals surface area contributed by atoms with Crippen molar-refractivity contribution in [2.45, 2.75) is 27.2 Å². The van der Waals surface area contributed by atoms with Crippen LogP contribution in [0.1, 0.15) is 32.9 Å². The predicted molar refractivity (Wildman–Crippen MR) is 104 cm³/mol. The number of amides is 2. The number of aryl methyl sites for hydroxylation is 3. The zero-order valence-corrected chi connectivity index (χ0v) is 15.5. The Balaban J connectivity index is 1.75. The quantitative estimate of drug-likeness (QED) is 0.717. The molecule has 138 valence electrons. The first kappa shape index (κ1) is 18.4. The van der Waals surface area contributed by atoms with E-state index in [4.69, 9.17) is 4.52 Å². The van der Waals surface area contributed by atoms with Crippen molar-refractivity contribution in [1.29, 1.82) is 0 Å². The number of nitrogens with zero attached hydrogens (tertiary/aromatic N) is 1. The van der Waals surface area contributed by atoms with Crippen LogP contribution in [0.15, 0.2) is 53.1 Å². The fourth-order valence-electron chi connectivity index (χ4n) is 2.82. The number of carbonyl (C=O) groups excluding carboxylic acids is 2. The van der Waals surface area contributed by atoms with Gasteiger partial charge in [-0.15, -0.1) is 0 Å². The van der Waals surface area contributed by atoms with Gasteiger partial charge in [-0.25, -0.2) is 0 Å². The van der Waals surface area contributed by atoms with Crippen LogP contribution in [-0.4, -0.2) is 17.0 Å². The number of hydrogen-bond donors (Lipinski definition) is 2. The zero-order chi connectivity index (χ0) is 19.4. The number of aromatic nitrogens is 1. The van der Waals surface area contributed by atoms with E-state index >= 15 is 0 Å². The summed E-state index contributed by atoms with van der Waals surface area (Å²) in [5.41, 5.74) is 4.05. The Bertz CT molecular complexity index is 972. The molecule has 1 heterocycles. The average Bonchev–Trinajstić information content (AvgIpc) is 2.94. The Morgan fingerprint density at radius 3 is 2.48 bits per heavy atom. The zero-order valence-electron chi connectivity index (χ0n) is 15.5. The van der Waals surface area contributed by atoms with E-state index in [-0.39, 0.29) is 18.2 Å². The molecular formula is C21H21N3O3. The van der Waals surface area contributed by atoms with Crippen molar-refractivity contribution in [3.63, 3.8) is 0 Å². The second-order valence-electron chi connectivity index (χ2n) is 6.40. The fraction of sp³-hybridized carbons (Fsp3) is 0.190. The van der Waals surface area contributed by atoms with E-state index in [2.05, 4.69) is 15.8 Å². The summed E-state index contributed by atoms with van der Waals surface area (Å²) in [7, 11) is 0. The van der Waals surface area contributed by atoms with Crippen molar-refractivity contribution in [1.82, 2.24) is 5.16 Å². The SMILES string of the molecule is Cc1cccc(NC(=O)c2ccccc2NC(=O)Cc2c(C)noc2C)c1. The molecule has 0 unspecified atom stereocenters. The molecule has 6 heteroatoms. The van der Waals surface area contributed by atoms with Gasteiger partial charge in [-0.1, -0.05) is 29.4 Å². The van der Waals surface area contributed by atoms with Gasteiger partial charge in [0.1, 0.15) is 5.76 Å². The lowest BCUT2D eigenvalue weighted by Crippen LogP contribution is -2.19. The third kappa shape index (κ3) is 4.41. The van der Waals surface area contributed by atoms with E-state index in [0.717, 1.165) is 11.1 Å². The third-order valence-corrected chi connectivity index (χ3v) is 4.24. The van der Waals surface area contributed by atoms with Gasteiger partial charge in [0.15, 0.2) is 0 Å². The maximum Gasteiger partial charge on any atom is 0.257 e. The van der Waals surface area contributed by atoms with Crippen molar-refractivity contribution in [3.8, 4) is 0 Å². The Kier molecular flexibility index (Phi) is 5.35. The Labute approximate surface area is 157 Å². The molecule has 0 fully saturated rings. The number of para-hydroxylation sites is 1. The number of hydrogen-bond acceptors (Lipinski definition) is 4. The topological polar surface area (TPSA) is 84.2 Å². The lowest BCUT2D eigenvalue weighted by molar-refractivity contribution is -0.115. The maximum atomic E-state index is 12.7. The molecule has 2 N–H and O–H groups in total. The van der Waals surface area contributed by atoms with E-state index in [0.29, 0.717) is 28.4 Å². The lowest BCUT2D eigenvalue weighted by Gasteiger charge is -2.12. The minimum Gasteiger partial charge on any atom is -0.361 e. The van der Waals surface area contributed by atoms with Crippen molar-refractivity contribution in [2.24, 2.45) is 0 Å². The molecule has 0 aliphatic carbocycles. The molecule has 0 radical (unpaired) electrons. The van der Waals surface area contributed by atoms with E-state index in [1.807, 2.05) is 31.2 Å². The Morgan fingerprint density at radius 1 is 1.00 bits per heavy atom. The van der Waals surface area contributed by atoms with E-state index < -0.39 is 0 Å². The van der Waals surface area contributed by atoms with Gasteiger partial charge in [0.25, 0.3) is 5.91 Å². The first-order valence-corrected chi connectivity index (χ1v) is 8.62. The largest absolute Gasteiger partial charge is 0.361 e. The van der Waals surface area contributed by atoms with Crippen molar-refractivity contribution in [2.75, 3.05) is 10.6 Å². The van der Waals surface area contributed by atoms with Gasteiger partial charge < -0.3 is 15.2 Å². The summed E-state index contributed by atoms with van der Waals surface area (Å²) < 4.78 is 5.09. The second kappa shape index (κ2) is 7.86. The third-order valence-electron chi connectivity index (χ3n) is 4.24. The van der Waals surface area contributed by atoms with Crippen molar-refractivity contribution in [3.05, 3.63) is 76.7 Å². The van der Waals surface area contributed by atoms with Crippen LogP contribution >= 0.6 is 0 Å². The summed E-state index contributed by atoms with van der Waals surface area (Å²) in [4.78, 5) is 25.1. The molecule has 0 bridgehead atoms. The Hall–Kier alpha value is -3.41. The van der Waals surface area contributed by atoms with Gasteiger partial charge >= 0.3 is 0 Å². The molecule has 0 atom stereocenters. The van der Waals surface area contributed by atoms with Crippen molar-refractivity contribution >= 4 is 23.2 Å². The van der Waals surface area contributed by atoms with Crippen LogP contribution in [0.4, 0.5) is 11.4 Å². The second-order valence-corrected chi connectivity index (χ2v) is 6.40. The number of carbonyl (C=O) groups is 2. The van der Waals surface area contributed by atoms with Crippen LogP contribution in [0.2, 0.25) is 0 Å². The summed E-state index contributed by atoms with van der Waals surface area (Å²) in [5, 5.41) is 9.53. The molecule has 2 amide bonds. The monoisotopic (exact) mass is 363 g/mol. The number of benzene rings is 2. The summed E-state index contributed by atoms with van der Waals surface area (Å²) in [5.74, 6) is 0.0992. The van der Waals surface area contributed by atoms with E-state index in [1.165, 1.54) is 0 Å². The highest BCUT2D eigenvalue weighted by Gasteiger charge is 2.17. The number of anilines is 2. The normalized spacial score (nSPS) is 10.5. The van der Waals surface area contributed by atoms with E-state index in [1.54, 1.807) is 38.1 Å². The molecule has 1 aromatic heterocycles. The van der Waals surface area contributed by atoms with Crippen molar-refractivity contribution < 1.29 is 14.1 Å². The molecule has 0 saturated carbocycles. The van der Waals surface area contributed by atoms with Gasteiger partial charge in [0.05, 0.1) is 23.4 Å². The first-order valence-electron chi connectivity index (χ1n) is 8.62. The molecule has 0 saturated heterocycles. The molecule has 3 rings (SSSR count). The predicted octanol–water partition coefficient (Wildman–Crippen LogP) is 4.03. The number of nitrogens with one attached hydrogen (secondary N) is 2. The van der Waals surface area contributed by atoms with Crippen LogP contribution in [0.5, 0.6) is 0 Å². The molecule has 0 aliphatic rings. The Morgan fingerprint density at radius 2 is 1.78 bits per heavy atom. The van der Waals surface area contributed by atoms with Crippen LogP contribution in [0, 0.1) is 20.8 Å². The molecular weight excluding hydrogens is 342 g/mol. The highest BCUT2D eigenvalue weighted by atomic mass is 16.5. The summed E-state index contributed by atoms with van der Waals surface area (Å²) >= 11 is 0. The molecule has 0 spiro atoms. The van der Waals surface area contributed by atoms with Gasteiger partial charge in [0, 0.05) is 11.3 Å². The minimum atomic E-state index is -0.283. The van der Waals surface area contributed by atoms with Gasteiger partial charge in [-0.3, -0.25) is 9.59 Å². The first-order chi connectivity index (χ1) is 12.9. The lowest BCUT2D eigenvalue weighted by atomic mass is 10.1. The van der Waals surface area contributed by atoms with Crippen LogP contribution < -0.4 is 10.6 Å². The van der Waals surface area contributed by atoms with Gasteiger partial charge in [-0.05, 0) is 50.6 Å². The average molecular weight is 363 g/mol. The highest BCUT2D eigenvalue weighted by Crippen LogP contribution is 2.19.